The largest absolute Gasteiger partial charge is 0.367 e. The van der Waals surface area contributed by atoms with Gasteiger partial charge < -0.3 is 10.2 Å². The van der Waals surface area contributed by atoms with Gasteiger partial charge in [-0.3, -0.25) is 9.69 Å². The Balaban J connectivity index is 1.51. The second kappa shape index (κ2) is 7.94. The van der Waals surface area contributed by atoms with Gasteiger partial charge in [-0.05, 0) is 46.9 Å². The fourth-order valence-corrected chi connectivity index (χ4v) is 3.33. The van der Waals surface area contributed by atoms with Crippen LogP contribution in [0, 0.1) is 9.39 Å². The number of nitrogens with zero attached hydrogens (tertiary/aromatic N) is 2. The highest BCUT2D eigenvalue weighted by atomic mass is 127. The van der Waals surface area contributed by atoms with Crippen LogP contribution < -0.4 is 10.2 Å². The van der Waals surface area contributed by atoms with Crippen LogP contribution in [0.2, 0.25) is 0 Å². The highest BCUT2D eigenvalue weighted by Gasteiger charge is 2.21. The summed E-state index contributed by atoms with van der Waals surface area (Å²) in [7, 11) is 0. The van der Waals surface area contributed by atoms with Crippen LogP contribution >= 0.6 is 22.6 Å². The van der Waals surface area contributed by atoms with E-state index in [1.54, 1.807) is 12.1 Å². The molecule has 1 N–H and O–H groups in total. The Labute approximate surface area is 154 Å². The molecule has 0 radical (unpaired) electrons. The van der Waals surface area contributed by atoms with Crippen molar-refractivity contribution in [2.75, 3.05) is 42.9 Å². The van der Waals surface area contributed by atoms with Crippen molar-refractivity contribution in [1.82, 2.24) is 4.90 Å². The quantitative estimate of drug-likeness (QED) is 0.744. The predicted octanol–water partition coefficient (Wildman–Crippen LogP) is 3.19. The van der Waals surface area contributed by atoms with E-state index in [0.29, 0.717) is 12.2 Å². The summed E-state index contributed by atoms with van der Waals surface area (Å²) in [5.41, 5.74) is 1.48. The van der Waals surface area contributed by atoms with Crippen LogP contribution in [-0.4, -0.2) is 43.5 Å². The maximum Gasteiger partial charge on any atom is 0.238 e. The van der Waals surface area contributed by atoms with Gasteiger partial charge in [0.25, 0.3) is 0 Å². The number of anilines is 2. The van der Waals surface area contributed by atoms with Crippen molar-refractivity contribution < 1.29 is 9.18 Å². The number of nitrogens with one attached hydrogen (secondary N) is 1. The lowest BCUT2D eigenvalue weighted by atomic mass is 10.2. The van der Waals surface area contributed by atoms with E-state index < -0.39 is 0 Å². The third-order valence-corrected chi connectivity index (χ3v) is 5.02. The number of benzene rings is 2. The molecule has 0 aromatic heterocycles. The fourth-order valence-electron chi connectivity index (χ4n) is 2.81. The average Bonchev–Trinajstić information content (AvgIpc) is 2.58. The van der Waals surface area contributed by atoms with Crippen LogP contribution in [0.3, 0.4) is 0 Å². The number of hydrogen-bond donors (Lipinski definition) is 1. The third-order valence-electron chi connectivity index (χ3n) is 4.08. The smallest absolute Gasteiger partial charge is 0.238 e. The van der Waals surface area contributed by atoms with Crippen molar-refractivity contribution in [3.63, 3.8) is 0 Å². The molecule has 24 heavy (non-hydrogen) atoms. The number of rotatable bonds is 4. The molecule has 0 atom stereocenters. The Kier molecular flexibility index (Phi) is 5.68. The summed E-state index contributed by atoms with van der Waals surface area (Å²) >= 11 is 2.21. The molecule has 4 nitrogen and oxygen atoms in total. The van der Waals surface area contributed by atoms with E-state index in [9.17, 15) is 9.18 Å². The van der Waals surface area contributed by atoms with Gasteiger partial charge in [-0.2, -0.15) is 0 Å². The Hall–Kier alpha value is -1.67. The maximum atomic E-state index is 13.8. The van der Waals surface area contributed by atoms with Crippen molar-refractivity contribution >= 4 is 39.9 Å². The number of para-hydroxylation sites is 2. The Morgan fingerprint density at radius 1 is 1.04 bits per heavy atom. The standard InChI is InChI=1S/C18H19FIN3O/c19-14-5-1-4-8-17(14)23-11-9-22(10-12-23)13-18(24)21-16-7-3-2-6-15(16)20/h1-8H,9-13H2,(H,21,24). The van der Waals surface area contributed by atoms with E-state index in [0.717, 1.165) is 35.4 Å². The van der Waals surface area contributed by atoms with Gasteiger partial charge in [0.05, 0.1) is 17.9 Å². The summed E-state index contributed by atoms with van der Waals surface area (Å²) in [5.74, 6) is -0.208. The van der Waals surface area contributed by atoms with Crippen LogP contribution in [-0.2, 0) is 4.79 Å². The highest BCUT2D eigenvalue weighted by Crippen LogP contribution is 2.20. The molecule has 0 aliphatic carbocycles. The number of carbonyl (C=O) groups is 1. The van der Waals surface area contributed by atoms with Gasteiger partial charge in [-0.15, -0.1) is 0 Å². The molecule has 2 aromatic carbocycles. The molecular weight excluding hydrogens is 420 g/mol. The molecule has 3 rings (SSSR count). The molecule has 1 saturated heterocycles. The molecule has 1 amide bonds. The number of carbonyl (C=O) groups excluding carboxylic acids is 1. The molecule has 1 fully saturated rings. The first-order valence-corrected chi connectivity index (χ1v) is 8.97. The average molecular weight is 439 g/mol. The van der Waals surface area contributed by atoms with Crippen LogP contribution in [0.1, 0.15) is 0 Å². The van der Waals surface area contributed by atoms with E-state index in [4.69, 9.17) is 0 Å². The van der Waals surface area contributed by atoms with Gasteiger partial charge in [-0.25, -0.2) is 4.39 Å². The lowest BCUT2D eigenvalue weighted by molar-refractivity contribution is -0.117. The first-order chi connectivity index (χ1) is 11.6. The van der Waals surface area contributed by atoms with Crippen LogP contribution in [0.5, 0.6) is 0 Å². The number of hydrogen-bond acceptors (Lipinski definition) is 3. The number of halogens is 2. The van der Waals surface area contributed by atoms with Gasteiger partial charge >= 0.3 is 0 Å². The first-order valence-electron chi connectivity index (χ1n) is 7.90. The van der Waals surface area contributed by atoms with Crippen LogP contribution in [0.15, 0.2) is 48.5 Å². The monoisotopic (exact) mass is 439 g/mol. The molecule has 0 spiro atoms. The third kappa shape index (κ3) is 4.24. The fraction of sp³-hybridized carbons (Fsp3) is 0.278. The van der Waals surface area contributed by atoms with Crippen molar-refractivity contribution in [3.8, 4) is 0 Å². The molecule has 1 heterocycles. The van der Waals surface area contributed by atoms with Gasteiger partial charge in [0, 0.05) is 29.7 Å². The summed E-state index contributed by atoms with van der Waals surface area (Å²) in [6.07, 6.45) is 0. The Morgan fingerprint density at radius 3 is 2.42 bits per heavy atom. The van der Waals surface area contributed by atoms with Crippen molar-refractivity contribution in [2.45, 2.75) is 0 Å². The molecule has 0 unspecified atom stereocenters. The van der Waals surface area contributed by atoms with E-state index in [2.05, 4.69) is 32.8 Å². The zero-order valence-corrected chi connectivity index (χ0v) is 15.4. The Bertz CT molecular complexity index is 717. The molecule has 1 aliphatic rings. The van der Waals surface area contributed by atoms with Gasteiger partial charge in [0.2, 0.25) is 5.91 Å². The lowest BCUT2D eigenvalue weighted by Gasteiger charge is -2.35. The normalized spacial score (nSPS) is 15.3. The minimum atomic E-state index is -0.192. The van der Waals surface area contributed by atoms with Gasteiger partial charge in [0.15, 0.2) is 0 Å². The molecule has 0 saturated carbocycles. The van der Waals surface area contributed by atoms with Crippen LogP contribution in [0.25, 0.3) is 0 Å². The van der Waals surface area contributed by atoms with E-state index in [1.165, 1.54) is 6.07 Å². The second-order valence-electron chi connectivity index (χ2n) is 5.74. The van der Waals surface area contributed by atoms with E-state index in [-0.39, 0.29) is 11.7 Å². The van der Waals surface area contributed by atoms with Crippen LogP contribution in [0.4, 0.5) is 15.8 Å². The van der Waals surface area contributed by atoms with Crippen molar-refractivity contribution in [2.24, 2.45) is 0 Å². The van der Waals surface area contributed by atoms with E-state index in [1.807, 2.05) is 35.2 Å². The zero-order valence-electron chi connectivity index (χ0n) is 13.2. The molecular formula is C18H19FIN3O. The summed E-state index contributed by atoms with van der Waals surface area (Å²) in [4.78, 5) is 16.3. The predicted molar refractivity (Wildman–Crippen MR) is 103 cm³/mol. The number of amides is 1. The zero-order chi connectivity index (χ0) is 16.9. The molecule has 0 bridgehead atoms. The van der Waals surface area contributed by atoms with E-state index >= 15 is 0 Å². The molecule has 6 heteroatoms. The second-order valence-corrected chi connectivity index (χ2v) is 6.90. The van der Waals surface area contributed by atoms with Gasteiger partial charge in [0.1, 0.15) is 5.82 Å². The summed E-state index contributed by atoms with van der Waals surface area (Å²) in [5, 5.41) is 2.95. The molecule has 1 aliphatic heterocycles. The lowest BCUT2D eigenvalue weighted by Crippen LogP contribution is -2.48. The first kappa shape index (κ1) is 17.2. The summed E-state index contributed by atoms with van der Waals surface area (Å²) in [6.45, 7) is 3.28. The summed E-state index contributed by atoms with van der Waals surface area (Å²) < 4.78 is 14.9. The SMILES string of the molecule is O=C(CN1CCN(c2ccccc2F)CC1)Nc1ccccc1I. The molecule has 2 aromatic rings. The maximum absolute atomic E-state index is 13.8. The number of piperazine rings is 1. The summed E-state index contributed by atoms with van der Waals surface area (Å²) in [6, 6.07) is 14.5. The topological polar surface area (TPSA) is 35.6 Å². The highest BCUT2D eigenvalue weighted by molar-refractivity contribution is 14.1. The Morgan fingerprint density at radius 2 is 1.71 bits per heavy atom. The van der Waals surface area contributed by atoms with Crippen molar-refractivity contribution in [1.29, 1.82) is 0 Å². The molecule has 126 valence electrons. The minimum absolute atomic E-state index is 0.0153. The van der Waals surface area contributed by atoms with Crippen molar-refractivity contribution in [3.05, 3.63) is 57.9 Å². The van der Waals surface area contributed by atoms with Gasteiger partial charge in [-0.1, -0.05) is 24.3 Å². The minimum Gasteiger partial charge on any atom is -0.367 e.